The van der Waals surface area contributed by atoms with Gasteiger partial charge in [-0.15, -0.1) is 0 Å². The summed E-state index contributed by atoms with van der Waals surface area (Å²) in [5.41, 5.74) is 1.81. The normalized spacial score (nSPS) is 17.2. The summed E-state index contributed by atoms with van der Waals surface area (Å²) in [5, 5.41) is 3.92. The second-order valence-electron chi connectivity index (χ2n) is 6.84. The summed E-state index contributed by atoms with van der Waals surface area (Å²) < 4.78 is 4.72. The number of rotatable bonds is 5. The maximum absolute atomic E-state index is 12.8. The van der Waals surface area contributed by atoms with Gasteiger partial charge in [0.1, 0.15) is 0 Å². The molecule has 1 amide bonds. The van der Waals surface area contributed by atoms with E-state index in [1.165, 1.54) is 13.2 Å². The Bertz CT molecular complexity index is 872. The largest absolute Gasteiger partial charge is 0.465 e. The van der Waals surface area contributed by atoms with Crippen LogP contribution in [0.5, 0.6) is 0 Å². The van der Waals surface area contributed by atoms with Gasteiger partial charge in [0.2, 0.25) is 5.91 Å². The van der Waals surface area contributed by atoms with Gasteiger partial charge >= 0.3 is 5.97 Å². The van der Waals surface area contributed by atoms with Crippen LogP contribution in [0.25, 0.3) is 0 Å². The molecule has 2 aromatic carbocycles. The van der Waals surface area contributed by atoms with E-state index < -0.39 is 5.97 Å². The van der Waals surface area contributed by atoms with Crippen LogP contribution in [-0.2, 0) is 16.1 Å². The summed E-state index contributed by atoms with van der Waals surface area (Å²) >= 11 is 12.3. The Morgan fingerprint density at radius 2 is 1.96 bits per heavy atom. The number of ether oxygens (including phenoxy) is 1. The molecule has 1 atom stereocenters. The first-order valence-electron chi connectivity index (χ1n) is 9.12. The molecular formula is C21H22Cl2N2O3. The van der Waals surface area contributed by atoms with Crippen LogP contribution in [0.1, 0.15) is 28.8 Å². The third kappa shape index (κ3) is 5.04. The Balaban J connectivity index is 1.64. The molecule has 2 aromatic rings. The molecule has 0 bridgehead atoms. The Kier molecular flexibility index (Phi) is 6.94. The molecule has 3 rings (SSSR count). The Morgan fingerprint density at radius 1 is 1.18 bits per heavy atom. The van der Waals surface area contributed by atoms with Crippen molar-refractivity contribution in [3.63, 3.8) is 0 Å². The average Bonchev–Trinajstić information content (AvgIpc) is 2.71. The monoisotopic (exact) mass is 420 g/mol. The van der Waals surface area contributed by atoms with E-state index in [9.17, 15) is 9.59 Å². The Morgan fingerprint density at radius 3 is 2.71 bits per heavy atom. The molecule has 1 fully saturated rings. The van der Waals surface area contributed by atoms with E-state index >= 15 is 0 Å². The van der Waals surface area contributed by atoms with E-state index in [0.29, 0.717) is 12.2 Å². The summed E-state index contributed by atoms with van der Waals surface area (Å²) in [4.78, 5) is 26.8. The fourth-order valence-corrected chi connectivity index (χ4v) is 3.78. The number of methoxy groups -OCH3 is 1. The van der Waals surface area contributed by atoms with Crippen molar-refractivity contribution in [3.05, 3.63) is 63.6 Å². The number of carbonyl (C=O) groups is 2. The average molecular weight is 421 g/mol. The van der Waals surface area contributed by atoms with Crippen LogP contribution in [0.4, 0.5) is 5.69 Å². The van der Waals surface area contributed by atoms with Gasteiger partial charge in [0.15, 0.2) is 0 Å². The smallest absolute Gasteiger partial charge is 0.339 e. The van der Waals surface area contributed by atoms with Gasteiger partial charge in [-0.05, 0) is 49.2 Å². The number of likely N-dealkylation sites (tertiary alicyclic amines) is 1. The number of halogens is 2. The van der Waals surface area contributed by atoms with E-state index in [4.69, 9.17) is 27.9 Å². The minimum absolute atomic E-state index is 0.0676. The molecule has 1 heterocycles. The van der Waals surface area contributed by atoms with Gasteiger partial charge in [-0.1, -0.05) is 41.4 Å². The van der Waals surface area contributed by atoms with Crippen LogP contribution in [0.2, 0.25) is 10.0 Å². The number of hydrogen-bond donors (Lipinski definition) is 1. The SMILES string of the molecule is COC(=O)c1cc(NC(=O)[C@@H]2CCCN(Cc3ccccc3Cl)C2)ccc1Cl. The molecule has 28 heavy (non-hydrogen) atoms. The van der Waals surface area contributed by atoms with E-state index in [1.54, 1.807) is 12.1 Å². The molecule has 0 saturated carbocycles. The van der Waals surface area contributed by atoms with Gasteiger partial charge in [-0.3, -0.25) is 9.69 Å². The first kappa shape index (κ1) is 20.6. The predicted molar refractivity (Wildman–Crippen MR) is 111 cm³/mol. The van der Waals surface area contributed by atoms with Gasteiger partial charge in [0.05, 0.1) is 23.6 Å². The molecule has 1 aliphatic rings. The second-order valence-corrected chi connectivity index (χ2v) is 7.66. The lowest BCUT2D eigenvalue weighted by molar-refractivity contribution is -0.121. The number of nitrogens with zero attached hydrogens (tertiary/aromatic N) is 1. The lowest BCUT2D eigenvalue weighted by Gasteiger charge is -2.32. The number of piperidine rings is 1. The van der Waals surface area contributed by atoms with E-state index in [-0.39, 0.29) is 22.4 Å². The van der Waals surface area contributed by atoms with Crippen LogP contribution in [0.3, 0.4) is 0 Å². The standard InChI is InChI=1S/C21H22Cl2N2O3/c1-28-21(27)17-11-16(8-9-19(17)23)24-20(26)15-6-4-10-25(13-15)12-14-5-2-3-7-18(14)22/h2-3,5,7-9,11,15H,4,6,10,12-13H2,1H3,(H,24,26)/t15-/m1/s1. The van der Waals surface area contributed by atoms with Crippen molar-refractivity contribution in [3.8, 4) is 0 Å². The van der Waals surface area contributed by atoms with Crippen LogP contribution in [0, 0.1) is 5.92 Å². The summed E-state index contributed by atoms with van der Waals surface area (Å²) in [6.45, 7) is 2.31. The quantitative estimate of drug-likeness (QED) is 0.716. The molecule has 1 N–H and O–H groups in total. The first-order valence-corrected chi connectivity index (χ1v) is 9.88. The summed E-state index contributed by atoms with van der Waals surface area (Å²) in [5.74, 6) is -0.736. The van der Waals surface area contributed by atoms with Gasteiger partial charge < -0.3 is 10.1 Å². The molecule has 1 saturated heterocycles. The third-order valence-electron chi connectivity index (χ3n) is 4.87. The van der Waals surface area contributed by atoms with Crippen molar-refractivity contribution in [2.45, 2.75) is 19.4 Å². The number of benzene rings is 2. The van der Waals surface area contributed by atoms with E-state index in [0.717, 1.165) is 36.5 Å². The minimum Gasteiger partial charge on any atom is -0.465 e. The minimum atomic E-state index is -0.537. The fraction of sp³-hybridized carbons (Fsp3) is 0.333. The second kappa shape index (κ2) is 9.41. The molecule has 5 nitrogen and oxygen atoms in total. The number of esters is 1. The summed E-state index contributed by atoms with van der Waals surface area (Å²) in [7, 11) is 1.29. The van der Waals surface area contributed by atoms with Gasteiger partial charge in [0, 0.05) is 23.8 Å². The molecule has 0 spiro atoms. The maximum atomic E-state index is 12.8. The predicted octanol–water partition coefficient (Wildman–Crippen LogP) is 4.63. The zero-order valence-corrected chi connectivity index (χ0v) is 17.1. The molecule has 0 aromatic heterocycles. The van der Waals surface area contributed by atoms with Gasteiger partial charge in [0.25, 0.3) is 0 Å². The van der Waals surface area contributed by atoms with Crippen molar-refractivity contribution in [1.82, 2.24) is 4.90 Å². The van der Waals surface area contributed by atoms with Gasteiger partial charge in [-0.25, -0.2) is 4.79 Å². The van der Waals surface area contributed by atoms with Crippen molar-refractivity contribution in [2.24, 2.45) is 5.92 Å². The molecule has 148 valence electrons. The van der Waals surface area contributed by atoms with Crippen molar-refractivity contribution in [2.75, 3.05) is 25.5 Å². The van der Waals surface area contributed by atoms with E-state index in [2.05, 4.69) is 10.2 Å². The lowest BCUT2D eigenvalue weighted by atomic mass is 9.96. The molecular weight excluding hydrogens is 399 g/mol. The highest BCUT2D eigenvalue weighted by atomic mass is 35.5. The lowest BCUT2D eigenvalue weighted by Crippen LogP contribution is -2.40. The van der Waals surface area contributed by atoms with Crippen LogP contribution < -0.4 is 5.32 Å². The highest BCUT2D eigenvalue weighted by molar-refractivity contribution is 6.33. The molecule has 7 heteroatoms. The Hall–Kier alpha value is -2.08. The topological polar surface area (TPSA) is 58.6 Å². The highest BCUT2D eigenvalue weighted by Crippen LogP contribution is 2.25. The number of carbonyl (C=O) groups excluding carboxylic acids is 2. The summed E-state index contributed by atoms with van der Waals surface area (Å²) in [6.07, 6.45) is 1.76. The van der Waals surface area contributed by atoms with Crippen molar-refractivity contribution >= 4 is 40.8 Å². The fourth-order valence-electron chi connectivity index (χ4n) is 3.39. The molecule has 0 aliphatic carbocycles. The number of nitrogens with one attached hydrogen (secondary N) is 1. The molecule has 0 unspecified atom stereocenters. The van der Waals surface area contributed by atoms with Crippen molar-refractivity contribution < 1.29 is 14.3 Å². The van der Waals surface area contributed by atoms with Crippen LogP contribution >= 0.6 is 23.2 Å². The highest BCUT2D eigenvalue weighted by Gasteiger charge is 2.26. The zero-order chi connectivity index (χ0) is 20.1. The zero-order valence-electron chi connectivity index (χ0n) is 15.6. The van der Waals surface area contributed by atoms with Gasteiger partial charge in [-0.2, -0.15) is 0 Å². The van der Waals surface area contributed by atoms with Crippen LogP contribution in [0.15, 0.2) is 42.5 Å². The molecule has 0 radical (unpaired) electrons. The Labute approximate surface area is 174 Å². The number of hydrogen-bond acceptors (Lipinski definition) is 4. The van der Waals surface area contributed by atoms with Crippen molar-refractivity contribution in [1.29, 1.82) is 0 Å². The first-order chi connectivity index (χ1) is 13.5. The number of anilines is 1. The third-order valence-corrected chi connectivity index (χ3v) is 5.57. The molecule has 1 aliphatic heterocycles. The maximum Gasteiger partial charge on any atom is 0.339 e. The summed E-state index contributed by atoms with van der Waals surface area (Å²) in [6, 6.07) is 12.6. The van der Waals surface area contributed by atoms with E-state index in [1.807, 2.05) is 24.3 Å². The number of amides is 1. The van der Waals surface area contributed by atoms with Crippen LogP contribution in [-0.4, -0.2) is 37.0 Å².